The van der Waals surface area contributed by atoms with Gasteiger partial charge < -0.3 is 4.42 Å². The Labute approximate surface area is 140 Å². The van der Waals surface area contributed by atoms with Crippen LogP contribution in [0.4, 0.5) is 0 Å². The molecule has 0 fully saturated rings. The van der Waals surface area contributed by atoms with Crippen molar-refractivity contribution in [2.75, 3.05) is 0 Å². The van der Waals surface area contributed by atoms with Gasteiger partial charge in [0, 0.05) is 17.7 Å². The van der Waals surface area contributed by atoms with Crippen LogP contribution in [-0.4, -0.2) is 10.2 Å². The van der Waals surface area contributed by atoms with Gasteiger partial charge in [-0.15, -0.1) is 10.2 Å². The molecule has 4 rings (SSSR count). The van der Waals surface area contributed by atoms with E-state index in [1.54, 1.807) is 0 Å². The summed E-state index contributed by atoms with van der Waals surface area (Å²) in [6.07, 6.45) is 3.90. The maximum atomic E-state index is 5.81. The molecule has 0 saturated carbocycles. The number of nitrogens with zero attached hydrogens (tertiary/aromatic N) is 3. The molecule has 4 aromatic rings. The quantitative estimate of drug-likeness (QED) is 0.539. The van der Waals surface area contributed by atoms with Gasteiger partial charge >= 0.3 is 0 Å². The monoisotopic (exact) mass is 314 g/mol. The van der Waals surface area contributed by atoms with Crippen LogP contribution in [0, 0.1) is 0 Å². The molecule has 0 aliphatic heterocycles. The molecule has 0 bridgehead atoms. The Hall–Kier alpha value is -3.27. The van der Waals surface area contributed by atoms with E-state index in [1.165, 1.54) is 5.56 Å². The van der Waals surface area contributed by atoms with Crippen molar-refractivity contribution in [3.05, 3.63) is 79.1 Å². The first-order valence-corrected chi connectivity index (χ1v) is 7.75. The van der Waals surface area contributed by atoms with E-state index in [4.69, 9.17) is 4.42 Å². The number of rotatable bonds is 3. The Morgan fingerprint density at radius 2 is 1.12 bits per heavy atom. The molecule has 2 aromatic carbocycles. The van der Waals surface area contributed by atoms with Crippen molar-refractivity contribution in [2.45, 2.75) is 0 Å². The van der Waals surface area contributed by atoms with Crippen LogP contribution in [0.5, 0.6) is 0 Å². The van der Waals surface area contributed by atoms with Crippen LogP contribution in [0.1, 0.15) is 0 Å². The van der Waals surface area contributed by atoms with Crippen LogP contribution in [0.2, 0.25) is 0 Å². The van der Waals surface area contributed by atoms with Gasteiger partial charge in [0.2, 0.25) is 11.8 Å². The maximum Gasteiger partial charge on any atom is 0.248 e. The average Bonchev–Trinajstić information content (AvgIpc) is 3.13. The van der Waals surface area contributed by atoms with Crippen molar-refractivity contribution in [1.82, 2.24) is 10.2 Å². The van der Waals surface area contributed by atoms with Crippen LogP contribution in [-0.2, 0) is 7.05 Å². The molecule has 0 unspecified atom stereocenters. The van der Waals surface area contributed by atoms with Gasteiger partial charge in [-0.3, -0.25) is 0 Å². The highest BCUT2D eigenvalue weighted by Gasteiger charge is 2.11. The minimum Gasteiger partial charge on any atom is -0.416 e. The zero-order chi connectivity index (χ0) is 16.4. The van der Waals surface area contributed by atoms with E-state index < -0.39 is 0 Å². The van der Waals surface area contributed by atoms with Gasteiger partial charge in [-0.05, 0) is 23.3 Å². The van der Waals surface area contributed by atoms with E-state index in [0.717, 1.165) is 16.7 Å². The van der Waals surface area contributed by atoms with Gasteiger partial charge in [-0.25, -0.2) is 4.57 Å². The second kappa shape index (κ2) is 6.08. The van der Waals surface area contributed by atoms with Crippen LogP contribution in [0.15, 0.2) is 83.5 Å². The predicted octanol–water partition coefficient (Wildman–Crippen LogP) is 3.90. The third-order valence-electron chi connectivity index (χ3n) is 3.89. The van der Waals surface area contributed by atoms with E-state index in [-0.39, 0.29) is 0 Å². The van der Waals surface area contributed by atoms with E-state index in [9.17, 15) is 0 Å². The first-order chi connectivity index (χ1) is 11.8. The highest BCUT2D eigenvalue weighted by atomic mass is 16.4. The first kappa shape index (κ1) is 14.3. The van der Waals surface area contributed by atoms with Crippen LogP contribution in [0.25, 0.3) is 34.0 Å². The highest BCUT2D eigenvalue weighted by Crippen LogP contribution is 2.26. The normalized spacial score (nSPS) is 10.7. The van der Waals surface area contributed by atoms with E-state index in [1.807, 2.05) is 66.5 Å². The second-order valence-corrected chi connectivity index (χ2v) is 5.61. The number of benzene rings is 2. The summed E-state index contributed by atoms with van der Waals surface area (Å²) >= 11 is 0. The summed E-state index contributed by atoms with van der Waals surface area (Å²) in [7, 11) is 1.97. The van der Waals surface area contributed by atoms with Crippen LogP contribution in [0.3, 0.4) is 0 Å². The van der Waals surface area contributed by atoms with E-state index >= 15 is 0 Å². The Morgan fingerprint density at radius 3 is 1.75 bits per heavy atom. The van der Waals surface area contributed by atoms with Gasteiger partial charge in [0.1, 0.15) is 7.05 Å². The molecule has 0 aliphatic carbocycles. The summed E-state index contributed by atoms with van der Waals surface area (Å²) in [5.74, 6) is 1.05. The summed E-state index contributed by atoms with van der Waals surface area (Å²) in [5.41, 5.74) is 4.17. The zero-order valence-corrected chi connectivity index (χ0v) is 13.3. The second-order valence-electron chi connectivity index (χ2n) is 5.61. The topological polar surface area (TPSA) is 42.8 Å². The molecule has 4 nitrogen and oxygen atoms in total. The molecule has 0 N–H and O–H groups in total. The van der Waals surface area contributed by atoms with Crippen molar-refractivity contribution in [2.24, 2.45) is 7.05 Å². The molecular weight excluding hydrogens is 298 g/mol. The number of hydrogen-bond donors (Lipinski definition) is 0. The summed E-state index contributed by atoms with van der Waals surface area (Å²) in [5, 5.41) is 8.31. The average molecular weight is 314 g/mol. The Balaban J connectivity index is 1.62. The number of pyridine rings is 1. The summed E-state index contributed by atoms with van der Waals surface area (Å²) in [6.45, 7) is 0. The number of aryl methyl sites for hydroxylation is 1. The number of aromatic nitrogens is 3. The molecular formula is C20H16N3O+. The Morgan fingerprint density at radius 1 is 0.625 bits per heavy atom. The van der Waals surface area contributed by atoms with Gasteiger partial charge in [-0.1, -0.05) is 42.5 Å². The molecule has 0 atom stereocenters. The molecule has 0 saturated heterocycles. The third kappa shape index (κ3) is 2.82. The van der Waals surface area contributed by atoms with Crippen molar-refractivity contribution >= 4 is 0 Å². The fourth-order valence-electron chi connectivity index (χ4n) is 2.54. The smallest absolute Gasteiger partial charge is 0.248 e. The lowest BCUT2D eigenvalue weighted by Gasteiger charge is -2.01. The fraction of sp³-hybridized carbons (Fsp3) is 0.0500. The number of hydrogen-bond acceptors (Lipinski definition) is 3. The molecule has 2 heterocycles. The fourth-order valence-corrected chi connectivity index (χ4v) is 2.54. The lowest BCUT2D eigenvalue weighted by molar-refractivity contribution is -0.671. The molecule has 0 radical (unpaired) electrons. The Bertz CT molecular complexity index is 942. The van der Waals surface area contributed by atoms with Crippen molar-refractivity contribution in [3.63, 3.8) is 0 Å². The summed E-state index contributed by atoms with van der Waals surface area (Å²) < 4.78 is 7.77. The van der Waals surface area contributed by atoms with Gasteiger partial charge in [0.25, 0.3) is 0 Å². The standard InChI is InChI=1S/C20H16N3O/c1-23-13-11-18(12-14-23)20-22-21-19(24-20)17-9-7-16(8-10-17)15-5-3-2-4-6-15/h2-14H,1H3/q+1. The van der Waals surface area contributed by atoms with Gasteiger partial charge in [-0.2, -0.15) is 0 Å². The molecule has 0 amide bonds. The minimum absolute atomic E-state index is 0.526. The van der Waals surface area contributed by atoms with E-state index in [2.05, 4.69) is 34.5 Å². The third-order valence-corrected chi connectivity index (χ3v) is 3.89. The lowest BCUT2D eigenvalue weighted by Crippen LogP contribution is -2.25. The minimum atomic E-state index is 0.526. The predicted molar refractivity (Wildman–Crippen MR) is 91.8 cm³/mol. The van der Waals surface area contributed by atoms with E-state index in [0.29, 0.717) is 11.8 Å². The van der Waals surface area contributed by atoms with Crippen LogP contribution < -0.4 is 4.57 Å². The zero-order valence-electron chi connectivity index (χ0n) is 13.3. The SMILES string of the molecule is C[n+]1ccc(-c2nnc(-c3ccc(-c4ccccc4)cc3)o2)cc1. The lowest BCUT2D eigenvalue weighted by atomic mass is 10.0. The first-order valence-electron chi connectivity index (χ1n) is 7.75. The molecule has 4 heteroatoms. The Kier molecular flexibility index (Phi) is 3.63. The summed E-state index contributed by atoms with van der Waals surface area (Å²) in [6, 6.07) is 22.3. The summed E-state index contributed by atoms with van der Waals surface area (Å²) in [4.78, 5) is 0. The van der Waals surface area contributed by atoms with Gasteiger partial charge in [0.15, 0.2) is 12.4 Å². The molecule has 0 aliphatic rings. The van der Waals surface area contributed by atoms with Crippen molar-refractivity contribution in [3.8, 4) is 34.0 Å². The van der Waals surface area contributed by atoms with Gasteiger partial charge in [0.05, 0.1) is 5.56 Å². The van der Waals surface area contributed by atoms with Crippen molar-refractivity contribution < 1.29 is 8.98 Å². The molecule has 0 spiro atoms. The molecule has 2 aromatic heterocycles. The molecule has 116 valence electrons. The highest BCUT2D eigenvalue weighted by molar-refractivity contribution is 5.67. The van der Waals surface area contributed by atoms with Crippen LogP contribution >= 0.6 is 0 Å². The molecule has 24 heavy (non-hydrogen) atoms. The maximum absolute atomic E-state index is 5.81. The largest absolute Gasteiger partial charge is 0.416 e. The van der Waals surface area contributed by atoms with Crippen molar-refractivity contribution in [1.29, 1.82) is 0 Å².